The van der Waals surface area contributed by atoms with Gasteiger partial charge in [0.05, 0.1) is 15.2 Å². The molecular weight excluding hydrogens is 418 g/mol. The molecule has 0 saturated carbocycles. The molecule has 26 heavy (non-hydrogen) atoms. The second-order valence-corrected chi connectivity index (χ2v) is 8.52. The lowest BCUT2D eigenvalue weighted by atomic mass is 10.1. The van der Waals surface area contributed by atoms with Gasteiger partial charge in [-0.3, -0.25) is 14.4 Å². The number of halogens is 1. The molecule has 3 N–H and O–H groups in total. The first-order chi connectivity index (χ1) is 12.3. The maximum absolute atomic E-state index is 11.9. The van der Waals surface area contributed by atoms with Gasteiger partial charge in [0, 0.05) is 17.8 Å². The topological polar surface area (TPSA) is 87.3 Å². The number of rotatable bonds is 7. The summed E-state index contributed by atoms with van der Waals surface area (Å²) in [5, 5.41) is 8.07. The molecule has 0 radical (unpaired) electrons. The monoisotopic (exact) mass is 437 g/mol. The number of anilines is 2. The summed E-state index contributed by atoms with van der Waals surface area (Å²) in [6.07, 6.45) is 0.457. The molecule has 6 nitrogen and oxygen atoms in total. The van der Waals surface area contributed by atoms with Crippen LogP contribution in [0.4, 0.5) is 11.4 Å². The quantitative estimate of drug-likeness (QED) is 0.614. The predicted octanol–water partition coefficient (Wildman–Crippen LogP) is 3.86. The third-order valence-corrected chi connectivity index (χ3v) is 4.87. The second kappa shape index (κ2) is 9.49. The first-order valence-electron chi connectivity index (χ1n) is 8.07. The minimum atomic E-state index is -0.328. The molecule has 1 aromatic heterocycles. The highest BCUT2D eigenvalue weighted by atomic mass is 79.9. The Morgan fingerprint density at radius 1 is 0.962 bits per heavy atom. The molecule has 2 aromatic rings. The van der Waals surface area contributed by atoms with Gasteiger partial charge in [0.2, 0.25) is 11.8 Å². The normalized spacial score (nSPS) is 10.5. The molecule has 138 valence electrons. The third-order valence-electron chi connectivity index (χ3n) is 3.25. The van der Waals surface area contributed by atoms with Crippen LogP contribution in [0.1, 0.15) is 29.9 Å². The molecule has 0 saturated heterocycles. The zero-order chi connectivity index (χ0) is 19.1. The molecule has 1 heterocycles. The van der Waals surface area contributed by atoms with Crippen molar-refractivity contribution in [3.63, 3.8) is 0 Å². The van der Waals surface area contributed by atoms with Gasteiger partial charge in [0.15, 0.2) is 0 Å². The fourth-order valence-electron chi connectivity index (χ4n) is 2.11. The van der Waals surface area contributed by atoms with Crippen molar-refractivity contribution in [2.24, 2.45) is 5.92 Å². The molecule has 0 atom stereocenters. The first-order valence-corrected chi connectivity index (χ1v) is 9.67. The van der Waals surface area contributed by atoms with Crippen molar-refractivity contribution >= 4 is 56.4 Å². The zero-order valence-electron chi connectivity index (χ0n) is 14.5. The van der Waals surface area contributed by atoms with Crippen molar-refractivity contribution in [3.05, 3.63) is 45.1 Å². The summed E-state index contributed by atoms with van der Waals surface area (Å²) in [4.78, 5) is 36.1. The number of carbonyl (C=O) groups excluding carboxylic acids is 3. The highest BCUT2D eigenvalue weighted by molar-refractivity contribution is 9.11. The number of amides is 3. The lowest BCUT2D eigenvalue weighted by Gasteiger charge is -2.09. The molecule has 0 aliphatic carbocycles. The van der Waals surface area contributed by atoms with Crippen LogP contribution in [0, 0.1) is 5.92 Å². The standard InChI is InChI=1S/C18H20BrN3O3S/c1-11(2)9-16(23)21-12-3-5-13(6-4-12)22-17(24)10-20-18(25)14-7-8-15(19)26-14/h3-8,11H,9-10H2,1-2H3,(H,20,25)(H,21,23)(H,22,24). The van der Waals surface area contributed by atoms with Crippen molar-refractivity contribution in [1.82, 2.24) is 5.32 Å². The van der Waals surface area contributed by atoms with Gasteiger partial charge in [-0.25, -0.2) is 0 Å². The van der Waals surface area contributed by atoms with Crippen LogP contribution in [0.25, 0.3) is 0 Å². The molecular formula is C18H20BrN3O3S. The van der Waals surface area contributed by atoms with Gasteiger partial charge in [0.25, 0.3) is 5.91 Å². The Labute approximate surface area is 164 Å². The van der Waals surface area contributed by atoms with Crippen LogP contribution in [-0.2, 0) is 9.59 Å². The van der Waals surface area contributed by atoms with Gasteiger partial charge in [-0.15, -0.1) is 11.3 Å². The number of carbonyl (C=O) groups is 3. The Bertz CT molecular complexity index is 787. The van der Waals surface area contributed by atoms with Crippen molar-refractivity contribution < 1.29 is 14.4 Å². The molecule has 8 heteroatoms. The highest BCUT2D eigenvalue weighted by Crippen LogP contribution is 2.21. The van der Waals surface area contributed by atoms with Crippen LogP contribution < -0.4 is 16.0 Å². The lowest BCUT2D eigenvalue weighted by molar-refractivity contribution is -0.117. The predicted molar refractivity (Wildman–Crippen MR) is 108 cm³/mol. The smallest absolute Gasteiger partial charge is 0.261 e. The average molecular weight is 438 g/mol. The van der Waals surface area contributed by atoms with Crippen LogP contribution in [-0.4, -0.2) is 24.3 Å². The Kier molecular flexibility index (Phi) is 7.35. The molecule has 3 amide bonds. The van der Waals surface area contributed by atoms with Crippen LogP contribution in [0.15, 0.2) is 40.2 Å². The minimum Gasteiger partial charge on any atom is -0.342 e. The van der Waals surface area contributed by atoms with Crippen molar-refractivity contribution in [2.75, 3.05) is 17.2 Å². The summed E-state index contributed by atoms with van der Waals surface area (Å²) in [7, 11) is 0. The van der Waals surface area contributed by atoms with E-state index in [9.17, 15) is 14.4 Å². The largest absolute Gasteiger partial charge is 0.342 e. The van der Waals surface area contributed by atoms with E-state index in [1.165, 1.54) is 11.3 Å². The summed E-state index contributed by atoms with van der Waals surface area (Å²) >= 11 is 4.59. The van der Waals surface area contributed by atoms with E-state index in [0.717, 1.165) is 3.79 Å². The Balaban J connectivity index is 1.80. The molecule has 0 fully saturated rings. The maximum Gasteiger partial charge on any atom is 0.261 e. The Hall–Kier alpha value is -2.19. The summed E-state index contributed by atoms with van der Waals surface area (Å²) < 4.78 is 0.854. The van der Waals surface area contributed by atoms with Gasteiger partial charge in [-0.1, -0.05) is 13.8 Å². The van der Waals surface area contributed by atoms with E-state index in [2.05, 4.69) is 31.9 Å². The van der Waals surface area contributed by atoms with Gasteiger partial charge >= 0.3 is 0 Å². The van der Waals surface area contributed by atoms with Crippen LogP contribution in [0.5, 0.6) is 0 Å². The number of hydrogen-bond donors (Lipinski definition) is 3. The van der Waals surface area contributed by atoms with Crippen LogP contribution in [0.2, 0.25) is 0 Å². The van der Waals surface area contributed by atoms with Crippen molar-refractivity contribution in [1.29, 1.82) is 0 Å². The summed E-state index contributed by atoms with van der Waals surface area (Å²) in [6, 6.07) is 10.3. The van der Waals surface area contributed by atoms with E-state index in [1.807, 2.05) is 13.8 Å². The summed E-state index contributed by atoms with van der Waals surface area (Å²) in [5.74, 6) is -0.372. The van der Waals surface area contributed by atoms with E-state index < -0.39 is 0 Å². The summed E-state index contributed by atoms with van der Waals surface area (Å²) in [6.45, 7) is 3.84. The van der Waals surface area contributed by atoms with E-state index in [4.69, 9.17) is 0 Å². The summed E-state index contributed by atoms with van der Waals surface area (Å²) in [5.41, 5.74) is 1.26. The molecule has 0 aliphatic rings. The molecule has 1 aromatic carbocycles. The van der Waals surface area contributed by atoms with Crippen LogP contribution >= 0.6 is 27.3 Å². The van der Waals surface area contributed by atoms with Gasteiger partial charge < -0.3 is 16.0 Å². The molecule has 0 bridgehead atoms. The number of benzene rings is 1. The number of nitrogens with one attached hydrogen (secondary N) is 3. The van der Waals surface area contributed by atoms with Gasteiger partial charge in [0.1, 0.15) is 0 Å². The third kappa shape index (κ3) is 6.61. The average Bonchev–Trinajstić information content (AvgIpc) is 3.00. The second-order valence-electron chi connectivity index (χ2n) is 6.06. The number of thiophene rings is 1. The fraction of sp³-hybridized carbons (Fsp3) is 0.278. The highest BCUT2D eigenvalue weighted by Gasteiger charge is 2.10. The van der Waals surface area contributed by atoms with Crippen molar-refractivity contribution in [3.8, 4) is 0 Å². The molecule has 0 aliphatic heterocycles. The zero-order valence-corrected chi connectivity index (χ0v) is 16.9. The Morgan fingerprint density at radius 3 is 2.04 bits per heavy atom. The molecule has 0 spiro atoms. The van der Waals surface area contributed by atoms with E-state index in [-0.39, 0.29) is 24.3 Å². The minimum absolute atomic E-state index is 0.0419. The maximum atomic E-state index is 11.9. The van der Waals surface area contributed by atoms with E-state index in [1.54, 1.807) is 36.4 Å². The SMILES string of the molecule is CC(C)CC(=O)Nc1ccc(NC(=O)CNC(=O)c2ccc(Br)s2)cc1. The van der Waals surface area contributed by atoms with E-state index >= 15 is 0 Å². The van der Waals surface area contributed by atoms with Gasteiger partial charge in [-0.05, 0) is 58.2 Å². The van der Waals surface area contributed by atoms with Gasteiger partial charge in [-0.2, -0.15) is 0 Å². The first kappa shape index (κ1) is 20.1. The molecule has 2 rings (SSSR count). The number of hydrogen-bond acceptors (Lipinski definition) is 4. The van der Waals surface area contributed by atoms with Crippen molar-refractivity contribution in [2.45, 2.75) is 20.3 Å². The lowest BCUT2D eigenvalue weighted by Crippen LogP contribution is -2.32. The molecule has 0 unspecified atom stereocenters. The van der Waals surface area contributed by atoms with Crippen LogP contribution in [0.3, 0.4) is 0 Å². The fourth-order valence-corrected chi connectivity index (χ4v) is 3.41. The Morgan fingerprint density at radius 2 is 1.54 bits per heavy atom. The van der Waals surface area contributed by atoms with E-state index in [0.29, 0.717) is 28.6 Å².